The Kier molecular flexibility index (Phi) is 6.40. The summed E-state index contributed by atoms with van der Waals surface area (Å²) in [5, 5.41) is 1.55. The average molecular weight is 491 g/mol. The van der Waals surface area contributed by atoms with E-state index in [1.807, 2.05) is 24.5 Å². The Balaban J connectivity index is 1.15. The number of rotatable bonds is 5. The van der Waals surface area contributed by atoms with Gasteiger partial charge in [-0.25, -0.2) is 8.42 Å². The van der Waals surface area contributed by atoms with E-state index in [-0.39, 0.29) is 0 Å². The van der Waals surface area contributed by atoms with Gasteiger partial charge in [-0.05, 0) is 54.5 Å². The highest BCUT2D eigenvalue weighted by atomic mass is 35.5. The van der Waals surface area contributed by atoms with Crippen LogP contribution in [0, 0.1) is 5.92 Å². The van der Waals surface area contributed by atoms with Crippen molar-refractivity contribution in [3.05, 3.63) is 53.8 Å². The van der Waals surface area contributed by atoms with Crippen molar-refractivity contribution < 1.29 is 8.42 Å². The molecule has 0 radical (unpaired) electrons. The maximum Gasteiger partial charge on any atom is 0.252 e. The van der Waals surface area contributed by atoms with Crippen LogP contribution in [-0.4, -0.2) is 68.4 Å². The largest absolute Gasteiger partial charge is 0.371 e. The Bertz CT molecular complexity index is 1170. The molecule has 0 N–H and O–H groups in total. The van der Waals surface area contributed by atoms with Crippen molar-refractivity contribution in [3.63, 3.8) is 0 Å². The zero-order valence-corrected chi connectivity index (χ0v) is 20.2. The highest BCUT2D eigenvalue weighted by molar-refractivity contribution is 7.91. The Morgan fingerprint density at radius 2 is 1.69 bits per heavy atom. The number of piperazine rings is 1. The molecule has 2 saturated heterocycles. The van der Waals surface area contributed by atoms with Crippen molar-refractivity contribution in [2.75, 3.05) is 50.7 Å². The van der Waals surface area contributed by atoms with E-state index >= 15 is 0 Å². The molecule has 0 bridgehead atoms. The highest BCUT2D eigenvalue weighted by Crippen LogP contribution is 2.33. The van der Waals surface area contributed by atoms with Gasteiger partial charge in [0.2, 0.25) is 0 Å². The topological polar surface area (TPSA) is 56.8 Å². The monoisotopic (exact) mass is 490 g/mol. The van der Waals surface area contributed by atoms with Crippen LogP contribution in [0.5, 0.6) is 0 Å². The van der Waals surface area contributed by atoms with Crippen LogP contribution in [0.15, 0.2) is 53.0 Å². The smallest absolute Gasteiger partial charge is 0.252 e. The lowest BCUT2D eigenvalue weighted by molar-refractivity contribution is 0.155. The fourth-order valence-electron chi connectivity index (χ4n) is 4.68. The van der Waals surface area contributed by atoms with E-state index in [2.05, 4.69) is 26.9 Å². The lowest BCUT2D eigenvalue weighted by Gasteiger charge is -2.38. The van der Waals surface area contributed by atoms with Gasteiger partial charge in [0.15, 0.2) is 0 Å². The first-order chi connectivity index (χ1) is 15.5. The summed E-state index contributed by atoms with van der Waals surface area (Å²) in [7, 11) is -3.46. The lowest BCUT2D eigenvalue weighted by Crippen LogP contribution is -2.50. The molecular weight excluding hydrogens is 464 g/mol. The van der Waals surface area contributed by atoms with E-state index in [0.717, 1.165) is 42.8 Å². The van der Waals surface area contributed by atoms with Crippen molar-refractivity contribution in [2.45, 2.75) is 17.1 Å². The van der Waals surface area contributed by atoms with Gasteiger partial charge in [-0.3, -0.25) is 4.98 Å². The van der Waals surface area contributed by atoms with Gasteiger partial charge in [-0.15, -0.1) is 11.3 Å². The molecule has 9 heteroatoms. The normalized spacial score (nSPS) is 19.6. The number of thiophene rings is 1. The second-order valence-electron chi connectivity index (χ2n) is 8.59. The third kappa shape index (κ3) is 4.65. The molecule has 6 nitrogen and oxygen atoms in total. The fraction of sp³-hybridized carbons (Fsp3) is 0.435. The van der Waals surface area contributed by atoms with Gasteiger partial charge in [0.05, 0.1) is 0 Å². The van der Waals surface area contributed by atoms with Crippen molar-refractivity contribution in [1.29, 1.82) is 0 Å². The number of anilines is 1. The first-order valence-corrected chi connectivity index (χ1v) is 13.7. The first kappa shape index (κ1) is 22.1. The number of aromatic nitrogens is 1. The van der Waals surface area contributed by atoms with Crippen LogP contribution in [0.3, 0.4) is 0 Å². The summed E-state index contributed by atoms with van der Waals surface area (Å²) in [6, 6.07) is 11.4. The minimum absolute atomic E-state index is 0.409. The third-order valence-corrected chi connectivity index (χ3v) is 10.2. The van der Waals surface area contributed by atoms with Crippen molar-refractivity contribution in [3.8, 4) is 0 Å². The van der Waals surface area contributed by atoms with Crippen molar-refractivity contribution in [2.24, 2.45) is 5.92 Å². The molecule has 2 aromatic heterocycles. The molecular formula is C23H27ClN4O2S2. The van der Waals surface area contributed by atoms with Gasteiger partial charge >= 0.3 is 0 Å². The lowest BCUT2D eigenvalue weighted by atomic mass is 9.95. The number of benzene rings is 1. The summed E-state index contributed by atoms with van der Waals surface area (Å²) in [5.41, 5.74) is 1.25. The summed E-state index contributed by atoms with van der Waals surface area (Å²) < 4.78 is 29.3. The fourth-order valence-corrected chi connectivity index (χ4v) is 7.93. The predicted octanol–water partition coefficient (Wildman–Crippen LogP) is 4.17. The van der Waals surface area contributed by atoms with Crippen LogP contribution in [0.25, 0.3) is 10.1 Å². The minimum Gasteiger partial charge on any atom is -0.371 e. The van der Waals surface area contributed by atoms with Gasteiger partial charge in [-0.1, -0.05) is 17.7 Å². The molecule has 2 aliphatic rings. The van der Waals surface area contributed by atoms with Crippen LogP contribution in [0.4, 0.5) is 5.69 Å². The van der Waals surface area contributed by atoms with E-state index < -0.39 is 10.0 Å². The molecule has 0 amide bonds. The van der Waals surface area contributed by atoms with Crippen molar-refractivity contribution >= 4 is 48.7 Å². The van der Waals surface area contributed by atoms with E-state index in [0.29, 0.717) is 28.2 Å². The Hall–Kier alpha value is -1.71. The molecule has 170 valence electrons. The zero-order valence-electron chi connectivity index (χ0n) is 17.9. The number of pyridine rings is 1. The van der Waals surface area contributed by atoms with Crippen LogP contribution in [0.2, 0.25) is 5.02 Å². The van der Waals surface area contributed by atoms with E-state index in [4.69, 9.17) is 11.6 Å². The minimum atomic E-state index is -3.46. The van der Waals surface area contributed by atoms with Gasteiger partial charge in [-0.2, -0.15) is 4.31 Å². The molecule has 5 rings (SSSR count). The quantitative estimate of drug-likeness (QED) is 0.537. The maximum absolute atomic E-state index is 13.2. The van der Waals surface area contributed by atoms with Crippen LogP contribution >= 0.6 is 22.9 Å². The van der Waals surface area contributed by atoms with E-state index in [1.165, 1.54) is 29.9 Å². The molecule has 3 aromatic rings. The Morgan fingerprint density at radius 1 is 0.969 bits per heavy atom. The molecule has 2 fully saturated rings. The van der Waals surface area contributed by atoms with Gasteiger partial charge in [0, 0.05) is 73.6 Å². The van der Waals surface area contributed by atoms with E-state index in [1.54, 1.807) is 16.4 Å². The number of nitrogens with zero attached hydrogens (tertiary/aromatic N) is 4. The van der Waals surface area contributed by atoms with Crippen LogP contribution in [0.1, 0.15) is 12.8 Å². The summed E-state index contributed by atoms with van der Waals surface area (Å²) in [5.74, 6) is 0.670. The van der Waals surface area contributed by atoms with Crippen LogP contribution in [-0.2, 0) is 10.0 Å². The maximum atomic E-state index is 13.2. The molecule has 0 spiro atoms. The predicted molar refractivity (Wildman–Crippen MR) is 131 cm³/mol. The second-order valence-corrected chi connectivity index (χ2v) is 12.3. The third-order valence-electron chi connectivity index (χ3n) is 6.54. The molecule has 0 unspecified atom stereocenters. The SMILES string of the molecule is O=S(=O)(c1cc2ccc(Cl)cc2s1)N1CCN(CC2CCN(c3ccncc3)CC2)CC1. The number of piperidine rings is 1. The van der Waals surface area contributed by atoms with E-state index in [9.17, 15) is 8.42 Å². The standard InChI is InChI=1S/C23H27ClN4O2S2/c24-20-2-1-19-15-23(31-22(19)16-20)32(29,30)28-13-11-26(12-14-28)17-18-5-9-27(10-6-18)21-3-7-25-8-4-21/h1-4,7-8,15-16,18H,5-6,9-14,17H2. The Morgan fingerprint density at radius 3 is 2.41 bits per heavy atom. The summed E-state index contributed by atoms with van der Waals surface area (Å²) >= 11 is 7.37. The number of hydrogen-bond acceptors (Lipinski definition) is 6. The summed E-state index contributed by atoms with van der Waals surface area (Å²) in [6.45, 7) is 5.87. The molecule has 2 aliphatic heterocycles. The van der Waals surface area contributed by atoms with Gasteiger partial charge < -0.3 is 9.80 Å². The molecule has 0 saturated carbocycles. The van der Waals surface area contributed by atoms with Gasteiger partial charge in [0.1, 0.15) is 4.21 Å². The van der Waals surface area contributed by atoms with Gasteiger partial charge in [0.25, 0.3) is 10.0 Å². The molecule has 0 aliphatic carbocycles. The molecule has 32 heavy (non-hydrogen) atoms. The zero-order chi connectivity index (χ0) is 22.1. The second kappa shape index (κ2) is 9.27. The number of halogens is 1. The van der Waals surface area contributed by atoms with Crippen LogP contribution < -0.4 is 4.90 Å². The summed E-state index contributed by atoms with van der Waals surface area (Å²) in [4.78, 5) is 8.97. The Labute approximate surface area is 198 Å². The highest BCUT2D eigenvalue weighted by Gasteiger charge is 2.31. The number of sulfonamides is 1. The number of fused-ring (bicyclic) bond motifs is 1. The molecule has 0 atom stereocenters. The summed E-state index contributed by atoms with van der Waals surface area (Å²) in [6.07, 6.45) is 6.04. The first-order valence-electron chi connectivity index (χ1n) is 11.1. The molecule has 1 aromatic carbocycles. The van der Waals surface area contributed by atoms with Crippen molar-refractivity contribution in [1.82, 2.24) is 14.2 Å². The number of hydrogen-bond donors (Lipinski definition) is 0. The average Bonchev–Trinajstić information content (AvgIpc) is 3.25. The molecule has 4 heterocycles.